The maximum absolute atomic E-state index is 12.5. The van der Waals surface area contributed by atoms with Crippen molar-refractivity contribution in [3.05, 3.63) is 67.9 Å². The molecule has 0 spiro atoms. The van der Waals surface area contributed by atoms with E-state index >= 15 is 0 Å². The molecule has 4 rings (SSSR count). The molecule has 26 heavy (non-hydrogen) atoms. The van der Waals surface area contributed by atoms with Crippen molar-refractivity contribution in [3.8, 4) is 0 Å². The number of nitrogens with one attached hydrogen (secondary N) is 1. The zero-order valence-electron chi connectivity index (χ0n) is 13.9. The van der Waals surface area contributed by atoms with E-state index in [9.17, 15) is 14.4 Å². The van der Waals surface area contributed by atoms with Crippen LogP contribution in [-0.4, -0.2) is 56.3 Å². The van der Waals surface area contributed by atoms with Crippen LogP contribution >= 0.6 is 11.3 Å². The minimum atomic E-state index is -0.225. The number of aromatic amines is 1. The second-order valence-electron chi connectivity index (χ2n) is 6.15. The molecule has 3 aromatic heterocycles. The number of amides is 1. The first-order chi connectivity index (χ1) is 12.6. The number of carbonyl (C=O) groups is 1. The SMILES string of the molecule is O=C(c1ccc(=O)[nH]c1)N1CCN(Cc2cc(=O)n3ccsc3n2)CC1. The van der Waals surface area contributed by atoms with Gasteiger partial charge in [0.1, 0.15) is 0 Å². The first kappa shape index (κ1) is 16.7. The fraction of sp³-hybridized carbons (Fsp3) is 0.294. The quantitative estimate of drug-likeness (QED) is 0.720. The summed E-state index contributed by atoms with van der Waals surface area (Å²) in [5.74, 6) is -0.0859. The van der Waals surface area contributed by atoms with Crippen LogP contribution in [0.25, 0.3) is 4.96 Å². The summed E-state index contributed by atoms with van der Waals surface area (Å²) in [5.41, 5.74) is 0.935. The van der Waals surface area contributed by atoms with E-state index in [1.165, 1.54) is 28.0 Å². The molecule has 4 heterocycles. The third kappa shape index (κ3) is 3.31. The van der Waals surface area contributed by atoms with Gasteiger partial charge in [-0.1, -0.05) is 0 Å². The van der Waals surface area contributed by atoms with Gasteiger partial charge < -0.3 is 9.88 Å². The molecule has 0 saturated carbocycles. The van der Waals surface area contributed by atoms with E-state index in [1.54, 1.807) is 23.2 Å². The second kappa shape index (κ2) is 6.85. The van der Waals surface area contributed by atoms with Gasteiger partial charge in [-0.3, -0.25) is 23.7 Å². The molecule has 0 bridgehead atoms. The van der Waals surface area contributed by atoms with Gasteiger partial charge in [-0.25, -0.2) is 4.98 Å². The van der Waals surface area contributed by atoms with Gasteiger partial charge in [0.15, 0.2) is 4.96 Å². The lowest BCUT2D eigenvalue weighted by atomic mass is 10.2. The van der Waals surface area contributed by atoms with E-state index in [4.69, 9.17) is 0 Å². The molecule has 9 heteroatoms. The maximum Gasteiger partial charge on any atom is 0.258 e. The number of pyridine rings is 1. The Morgan fingerprint density at radius 1 is 1.19 bits per heavy atom. The molecule has 1 aliphatic heterocycles. The van der Waals surface area contributed by atoms with Crippen molar-refractivity contribution in [1.29, 1.82) is 0 Å². The second-order valence-corrected chi connectivity index (χ2v) is 7.02. The van der Waals surface area contributed by atoms with E-state index in [0.29, 0.717) is 43.2 Å². The van der Waals surface area contributed by atoms with Crippen LogP contribution in [0.4, 0.5) is 0 Å². The van der Waals surface area contributed by atoms with E-state index in [-0.39, 0.29) is 17.0 Å². The highest BCUT2D eigenvalue weighted by Crippen LogP contribution is 2.11. The van der Waals surface area contributed by atoms with Crippen LogP contribution in [0.3, 0.4) is 0 Å². The Balaban J connectivity index is 1.40. The topological polar surface area (TPSA) is 90.8 Å². The summed E-state index contributed by atoms with van der Waals surface area (Å²) in [6, 6.07) is 4.47. The molecule has 8 nitrogen and oxygen atoms in total. The Morgan fingerprint density at radius 3 is 2.73 bits per heavy atom. The van der Waals surface area contributed by atoms with Crippen molar-refractivity contribution >= 4 is 22.2 Å². The molecule has 1 saturated heterocycles. The largest absolute Gasteiger partial charge is 0.336 e. The summed E-state index contributed by atoms with van der Waals surface area (Å²) in [7, 11) is 0. The molecule has 0 aliphatic carbocycles. The van der Waals surface area contributed by atoms with Gasteiger partial charge in [0.25, 0.3) is 11.5 Å². The average Bonchev–Trinajstić information content (AvgIpc) is 3.12. The maximum atomic E-state index is 12.5. The number of fused-ring (bicyclic) bond motifs is 1. The van der Waals surface area contributed by atoms with Gasteiger partial charge in [0.2, 0.25) is 5.56 Å². The molecular formula is C17H17N5O3S. The van der Waals surface area contributed by atoms with Crippen LogP contribution in [0.1, 0.15) is 16.1 Å². The summed E-state index contributed by atoms with van der Waals surface area (Å²) in [6.45, 7) is 3.20. The Morgan fingerprint density at radius 2 is 2.00 bits per heavy atom. The van der Waals surface area contributed by atoms with E-state index < -0.39 is 0 Å². The molecule has 0 aromatic carbocycles. The number of rotatable bonds is 3. The van der Waals surface area contributed by atoms with Crippen molar-refractivity contribution in [1.82, 2.24) is 24.2 Å². The number of aromatic nitrogens is 3. The minimum absolute atomic E-state index is 0.0712. The zero-order valence-corrected chi connectivity index (χ0v) is 14.7. The zero-order chi connectivity index (χ0) is 18.1. The number of nitrogens with zero attached hydrogens (tertiary/aromatic N) is 4. The fourth-order valence-corrected chi connectivity index (χ4v) is 3.77. The molecule has 1 N–H and O–H groups in total. The van der Waals surface area contributed by atoms with Crippen LogP contribution in [-0.2, 0) is 6.54 Å². The third-order valence-corrected chi connectivity index (χ3v) is 5.19. The standard InChI is InChI=1S/C17H17N5O3S/c23-14-2-1-12(10-18-14)16(25)21-5-3-20(4-6-21)11-13-9-15(24)22-7-8-26-17(22)19-13/h1-2,7-10H,3-6,11H2,(H,18,23). The van der Waals surface area contributed by atoms with Crippen LogP contribution in [0.15, 0.2) is 45.6 Å². The predicted octanol–water partition coefficient (Wildman–Crippen LogP) is 0.402. The summed E-state index contributed by atoms with van der Waals surface area (Å²) >= 11 is 1.44. The third-order valence-electron chi connectivity index (χ3n) is 4.43. The highest BCUT2D eigenvalue weighted by molar-refractivity contribution is 7.15. The summed E-state index contributed by atoms with van der Waals surface area (Å²) in [4.78, 5) is 47.3. The Labute approximate surface area is 152 Å². The minimum Gasteiger partial charge on any atom is -0.336 e. The number of piperazine rings is 1. The molecule has 1 amide bonds. The molecule has 0 unspecified atom stereocenters. The van der Waals surface area contributed by atoms with Gasteiger partial charge >= 0.3 is 0 Å². The highest BCUT2D eigenvalue weighted by Gasteiger charge is 2.22. The number of H-pyrrole nitrogens is 1. The monoisotopic (exact) mass is 371 g/mol. The summed E-state index contributed by atoms with van der Waals surface area (Å²) in [6.07, 6.45) is 3.17. The van der Waals surface area contributed by atoms with Crippen molar-refractivity contribution in [2.45, 2.75) is 6.54 Å². The van der Waals surface area contributed by atoms with Gasteiger partial charge in [-0.2, -0.15) is 0 Å². The van der Waals surface area contributed by atoms with Crippen LogP contribution in [0, 0.1) is 0 Å². The first-order valence-corrected chi connectivity index (χ1v) is 9.14. The Kier molecular flexibility index (Phi) is 4.39. The average molecular weight is 371 g/mol. The number of carbonyl (C=O) groups excluding carboxylic acids is 1. The highest BCUT2D eigenvalue weighted by atomic mass is 32.1. The number of thiazole rings is 1. The van der Waals surface area contributed by atoms with Gasteiger partial charge in [-0.05, 0) is 6.07 Å². The van der Waals surface area contributed by atoms with E-state index in [1.807, 2.05) is 5.38 Å². The van der Waals surface area contributed by atoms with Gasteiger partial charge in [-0.15, -0.1) is 11.3 Å². The lowest BCUT2D eigenvalue weighted by Crippen LogP contribution is -2.48. The van der Waals surface area contributed by atoms with Crippen LogP contribution in [0.5, 0.6) is 0 Å². The summed E-state index contributed by atoms with van der Waals surface area (Å²) in [5, 5.41) is 1.84. The van der Waals surface area contributed by atoms with Crippen molar-refractivity contribution in [3.63, 3.8) is 0 Å². The number of hydrogen-bond acceptors (Lipinski definition) is 6. The lowest BCUT2D eigenvalue weighted by molar-refractivity contribution is 0.0626. The lowest BCUT2D eigenvalue weighted by Gasteiger charge is -2.34. The Hall–Kier alpha value is -2.78. The molecule has 1 aliphatic rings. The molecule has 134 valence electrons. The predicted molar refractivity (Wildman–Crippen MR) is 97.6 cm³/mol. The fourth-order valence-electron chi connectivity index (χ4n) is 3.03. The molecule has 0 atom stereocenters. The Bertz CT molecular complexity index is 1040. The van der Waals surface area contributed by atoms with Crippen LogP contribution < -0.4 is 11.1 Å². The number of hydrogen-bond donors (Lipinski definition) is 1. The van der Waals surface area contributed by atoms with E-state index in [0.717, 1.165) is 5.69 Å². The molecular weight excluding hydrogens is 354 g/mol. The van der Waals surface area contributed by atoms with E-state index in [2.05, 4.69) is 14.9 Å². The van der Waals surface area contributed by atoms with Gasteiger partial charge in [0.05, 0.1) is 11.3 Å². The smallest absolute Gasteiger partial charge is 0.258 e. The normalized spacial score (nSPS) is 15.5. The summed E-state index contributed by atoms with van der Waals surface area (Å²) < 4.78 is 1.54. The van der Waals surface area contributed by atoms with Gasteiger partial charge in [0, 0.05) is 62.6 Å². The first-order valence-electron chi connectivity index (χ1n) is 8.26. The van der Waals surface area contributed by atoms with Crippen molar-refractivity contribution < 1.29 is 4.79 Å². The molecule has 0 radical (unpaired) electrons. The van der Waals surface area contributed by atoms with Crippen molar-refractivity contribution in [2.75, 3.05) is 26.2 Å². The van der Waals surface area contributed by atoms with Crippen molar-refractivity contribution in [2.24, 2.45) is 0 Å². The molecule has 3 aromatic rings. The van der Waals surface area contributed by atoms with Crippen LogP contribution in [0.2, 0.25) is 0 Å². The molecule has 1 fully saturated rings.